The fourth-order valence-corrected chi connectivity index (χ4v) is 3.69. The third kappa shape index (κ3) is 3.49. The summed E-state index contributed by atoms with van der Waals surface area (Å²) in [5.74, 6) is -0.535. The molecule has 0 radical (unpaired) electrons. The summed E-state index contributed by atoms with van der Waals surface area (Å²) >= 11 is 0. The quantitative estimate of drug-likeness (QED) is 0.826. The summed E-state index contributed by atoms with van der Waals surface area (Å²) in [6.45, 7) is 1.21. The molecule has 0 spiro atoms. The Balaban J connectivity index is 1.54. The molecule has 2 aliphatic rings. The van der Waals surface area contributed by atoms with Gasteiger partial charge in [0.05, 0.1) is 19.1 Å². The minimum Gasteiger partial charge on any atom is -0.370 e. The van der Waals surface area contributed by atoms with Gasteiger partial charge in [-0.2, -0.15) is 0 Å². The van der Waals surface area contributed by atoms with Crippen LogP contribution in [0.3, 0.4) is 0 Å². The first-order valence-electron chi connectivity index (χ1n) is 9.04. The fourth-order valence-electron chi connectivity index (χ4n) is 3.69. The van der Waals surface area contributed by atoms with Gasteiger partial charge in [0, 0.05) is 12.1 Å². The van der Waals surface area contributed by atoms with Crippen molar-refractivity contribution >= 4 is 5.91 Å². The minimum absolute atomic E-state index is 0.0312. The first-order chi connectivity index (χ1) is 12.6. The Bertz CT molecular complexity index is 789. The molecular weight excluding hydrogens is 336 g/mol. The molecule has 0 aromatic heterocycles. The highest BCUT2D eigenvalue weighted by atomic mass is 19.1. The van der Waals surface area contributed by atoms with Crippen molar-refractivity contribution < 1.29 is 18.3 Å². The summed E-state index contributed by atoms with van der Waals surface area (Å²) in [5, 5.41) is 0. The maximum absolute atomic E-state index is 14.1. The highest BCUT2D eigenvalue weighted by Gasteiger charge is 2.40. The van der Waals surface area contributed by atoms with Crippen molar-refractivity contribution in [2.45, 2.75) is 24.9 Å². The van der Waals surface area contributed by atoms with E-state index in [4.69, 9.17) is 4.74 Å². The zero-order chi connectivity index (χ0) is 18.1. The zero-order valence-corrected chi connectivity index (χ0v) is 14.4. The highest BCUT2D eigenvalue weighted by molar-refractivity contribution is 5.84. The van der Waals surface area contributed by atoms with Gasteiger partial charge in [0.1, 0.15) is 17.7 Å². The van der Waals surface area contributed by atoms with Crippen LogP contribution in [0.4, 0.5) is 8.78 Å². The third-order valence-electron chi connectivity index (χ3n) is 5.22. The lowest BCUT2D eigenvalue weighted by Gasteiger charge is -2.35. The van der Waals surface area contributed by atoms with Crippen molar-refractivity contribution in [3.8, 4) is 0 Å². The Morgan fingerprint density at radius 1 is 1.08 bits per heavy atom. The van der Waals surface area contributed by atoms with Gasteiger partial charge in [0.25, 0.3) is 0 Å². The molecule has 4 rings (SSSR count). The van der Waals surface area contributed by atoms with E-state index in [0.29, 0.717) is 31.2 Å². The molecule has 2 aromatic carbocycles. The molecule has 0 N–H and O–H groups in total. The topological polar surface area (TPSA) is 29.5 Å². The lowest BCUT2D eigenvalue weighted by Crippen LogP contribution is -2.45. The van der Waals surface area contributed by atoms with Gasteiger partial charge in [0.2, 0.25) is 5.91 Å². The largest absolute Gasteiger partial charge is 0.370 e. The molecule has 1 aliphatic carbocycles. The average Bonchev–Trinajstić information content (AvgIpc) is 3.49. The van der Waals surface area contributed by atoms with Gasteiger partial charge in [-0.15, -0.1) is 0 Å². The number of morpholine rings is 1. The second-order valence-electron chi connectivity index (χ2n) is 7.03. The van der Waals surface area contributed by atoms with Crippen LogP contribution in [0.5, 0.6) is 0 Å². The lowest BCUT2D eigenvalue weighted by molar-refractivity contribution is -0.141. The van der Waals surface area contributed by atoms with Crippen molar-refractivity contribution in [1.29, 1.82) is 0 Å². The van der Waals surface area contributed by atoms with Gasteiger partial charge < -0.3 is 9.64 Å². The van der Waals surface area contributed by atoms with Gasteiger partial charge in [-0.05, 0) is 42.5 Å². The standard InChI is InChI=1S/C21H21F2NO2/c22-16-9-7-15(8-10-16)20(14-5-6-14)21(25)24-11-12-26-19(13-24)17-3-1-2-4-18(17)23/h1-4,7-10,14,19-20H,5-6,11-13H2. The first kappa shape index (κ1) is 17.2. The van der Waals surface area contributed by atoms with Crippen LogP contribution in [-0.4, -0.2) is 30.5 Å². The van der Waals surface area contributed by atoms with E-state index in [2.05, 4.69) is 0 Å². The smallest absolute Gasteiger partial charge is 0.230 e. The highest BCUT2D eigenvalue weighted by Crippen LogP contribution is 2.44. The SMILES string of the molecule is O=C(C(c1ccc(F)cc1)C1CC1)N1CCOC(c2ccccc2F)C1. The van der Waals surface area contributed by atoms with Gasteiger partial charge in [-0.3, -0.25) is 4.79 Å². The van der Waals surface area contributed by atoms with Crippen LogP contribution in [0.15, 0.2) is 48.5 Å². The predicted octanol–water partition coefficient (Wildman–Crippen LogP) is 4.06. The van der Waals surface area contributed by atoms with Gasteiger partial charge >= 0.3 is 0 Å². The number of rotatable bonds is 4. The number of benzene rings is 2. The Kier molecular flexibility index (Phi) is 4.72. The van der Waals surface area contributed by atoms with Gasteiger partial charge in [0.15, 0.2) is 0 Å². The molecule has 136 valence electrons. The summed E-state index contributed by atoms with van der Waals surface area (Å²) in [6, 6.07) is 12.7. The second kappa shape index (κ2) is 7.16. The van der Waals surface area contributed by atoms with Gasteiger partial charge in [-0.1, -0.05) is 30.3 Å². The summed E-state index contributed by atoms with van der Waals surface area (Å²) < 4.78 is 33.1. The first-order valence-corrected chi connectivity index (χ1v) is 9.04. The van der Waals surface area contributed by atoms with Crippen molar-refractivity contribution in [1.82, 2.24) is 4.90 Å². The van der Waals surface area contributed by atoms with E-state index in [1.54, 1.807) is 35.2 Å². The number of hydrogen-bond acceptors (Lipinski definition) is 2. The summed E-state index contributed by atoms with van der Waals surface area (Å²) in [5.41, 5.74) is 1.34. The van der Waals surface area contributed by atoms with E-state index < -0.39 is 6.10 Å². The van der Waals surface area contributed by atoms with Crippen LogP contribution >= 0.6 is 0 Å². The number of carbonyl (C=O) groups is 1. The second-order valence-corrected chi connectivity index (χ2v) is 7.03. The molecule has 0 bridgehead atoms. The molecule has 2 aromatic rings. The third-order valence-corrected chi connectivity index (χ3v) is 5.22. The molecule has 1 aliphatic heterocycles. The number of nitrogens with zero attached hydrogens (tertiary/aromatic N) is 1. The van der Waals surface area contributed by atoms with Gasteiger partial charge in [-0.25, -0.2) is 8.78 Å². The zero-order valence-electron chi connectivity index (χ0n) is 14.4. The molecule has 1 saturated heterocycles. The number of carbonyl (C=O) groups excluding carboxylic acids is 1. The van der Waals surface area contributed by atoms with Crippen molar-refractivity contribution in [2.24, 2.45) is 5.92 Å². The van der Waals surface area contributed by atoms with E-state index in [0.717, 1.165) is 18.4 Å². The fraction of sp³-hybridized carbons (Fsp3) is 0.381. The number of halogens is 2. The van der Waals surface area contributed by atoms with Crippen molar-refractivity contribution in [3.63, 3.8) is 0 Å². The minimum atomic E-state index is -0.457. The molecule has 2 fully saturated rings. The summed E-state index contributed by atoms with van der Waals surface area (Å²) in [6.07, 6.45) is 1.56. The maximum atomic E-state index is 14.1. The molecule has 1 amide bonds. The summed E-state index contributed by atoms with van der Waals surface area (Å²) in [4.78, 5) is 15.0. The van der Waals surface area contributed by atoms with Crippen LogP contribution in [0.1, 0.15) is 36.0 Å². The molecule has 1 heterocycles. The van der Waals surface area contributed by atoms with Crippen LogP contribution in [0, 0.1) is 17.6 Å². The van der Waals surface area contributed by atoms with Crippen molar-refractivity contribution in [2.75, 3.05) is 19.7 Å². The Labute approximate surface area is 151 Å². The molecular formula is C21H21F2NO2. The molecule has 26 heavy (non-hydrogen) atoms. The number of amides is 1. The number of hydrogen-bond donors (Lipinski definition) is 0. The monoisotopic (exact) mass is 357 g/mol. The number of ether oxygens (including phenoxy) is 1. The molecule has 5 heteroatoms. The Hall–Kier alpha value is -2.27. The van der Waals surface area contributed by atoms with Crippen molar-refractivity contribution in [3.05, 3.63) is 71.3 Å². The van der Waals surface area contributed by atoms with Crippen LogP contribution in [-0.2, 0) is 9.53 Å². The lowest BCUT2D eigenvalue weighted by atomic mass is 9.92. The van der Waals surface area contributed by atoms with Crippen LogP contribution < -0.4 is 0 Å². The predicted molar refractivity (Wildman–Crippen MR) is 93.5 cm³/mol. The summed E-state index contributed by atoms with van der Waals surface area (Å²) in [7, 11) is 0. The van der Waals surface area contributed by atoms with E-state index >= 15 is 0 Å². The molecule has 2 atom stereocenters. The van der Waals surface area contributed by atoms with Crippen LogP contribution in [0.25, 0.3) is 0 Å². The molecule has 1 saturated carbocycles. The Morgan fingerprint density at radius 3 is 2.50 bits per heavy atom. The van der Waals surface area contributed by atoms with E-state index in [9.17, 15) is 13.6 Å². The van der Waals surface area contributed by atoms with E-state index in [1.807, 2.05) is 0 Å². The molecule has 3 nitrogen and oxygen atoms in total. The maximum Gasteiger partial charge on any atom is 0.230 e. The van der Waals surface area contributed by atoms with Crippen LogP contribution in [0.2, 0.25) is 0 Å². The normalized spacial score (nSPS) is 21.5. The van der Waals surface area contributed by atoms with E-state index in [-0.39, 0.29) is 23.5 Å². The van der Waals surface area contributed by atoms with E-state index in [1.165, 1.54) is 18.2 Å². The Morgan fingerprint density at radius 2 is 1.81 bits per heavy atom. The molecule has 2 unspecified atom stereocenters. The average molecular weight is 357 g/mol.